The molecule has 74 valence electrons. The van der Waals surface area contributed by atoms with Gasteiger partial charge in [0.25, 0.3) is 0 Å². The van der Waals surface area contributed by atoms with Crippen molar-refractivity contribution in [2.45, 2.75) is 33.1 Å². The highest BCUT2D eigenvalue weighted by molar-refractivity contribution is 4.56. The van der Waals surface area contributed by atoms with Gasteiger partial charge in [0.05, 0.1) is 0 Å². The van der Waals surface area contributed by atoms with Gasteiger partial charge >= 0.3 is 0 Å². The van der Waals surface area contributed by atoms with Crippen LogP contribution in [0, 0.1) is 5.92 Å². The van der Waals surface area contributed by atoms with Crippen molar-refractivity contribution in [2.75, 3.05) is 26.7 Å². The molecule has 0 radical (unpaired) electrons. The van der Waals surface area contributed by atoms with Gasteiger partial charge in [-0.2, -0.15) is 0 Å². The van der Waals surface area contributed by atoms with Crippen LogP contribution in [-0.2, 0) is 0 Å². The van der Waals surface area contributed by atoms with E-state index in [1.54, 1.807) is 0 Å². The number of hydrogen-bond donors (Lipinski definition) is 2. The Morgan fingerprint density at radius 2 is 1.92 bits per heavy atom. The molecule has 0 fully saturated rings. The topological polar surface area (TPSA) is 24.1 Å². The SMILES string of the molecule is CCNCCC(C)CCCNC. The van der Waals surface area contributed by atoms with Crippen LogP contribution in [0.25, 0.3) is 0 Å². The summed E-state index contributed by atoms with van der Waals surface area (Å²) in [7, 11) is 2.02. The molecule has 0 aliphatic heterocycles. The Hall–Kier alpha value is -0.0800. The van der Waals surface area contributed by atoms with Gasteiger partial charge < -0.3 is 10.6 Å². The second kappa shape index (κ2) is 9.01. The smallest absolute Gasteiger partial charge is 0.00465 e. The summed E-state index contributed by atoms with van der Waals surface area (Å²) in [4.78, 5) is 0. The zero-order valence-corrected chi connectivity index (χ0v) is 8.82. The Balaban J connectivity index is 3.04. The van der Waals surface area contributed by atoms with E-state index in [9.17, 15) is 0 Å². The molecule has 0 bridgehead atoms. The summed E-state index contributed by atoms with van der Waals surface area (Å²) in [5.41, 5.74) is 0. The van der Waals surface area contributed by atoms with Gasteiger partial charge in [-0.3, -0.25) is 0 Å². The van der Waals surface area contributed by atoms with E-state index in [-0.39, 0.29) is 0 Å². The van der Waals surface area contributed by atoms with Crippen molar-refractivity contribution in [3.8, 4) is 0 Å². The number of rotatable bonds is 8. The molecule has 0 aromatic carbocycles. The standard InChI is InChI=1S/C10H24N2/c1-4-12-9-7-10(2)6-5-8-11-3/h10-12H,4-9H2,1-3H3. The van der Waals surface area contributed by atoms with Crippen LogP contribution in [0.2, 0.25) is 0 Å². The van der Waals surface area contributed by atoms with Gasteiger partial charge in [-0.1, -0.05) is 13.8 Å². The van der Waals surface area contributed by atoms with Crippen molar-refractivity contribution in [1.82, 2.24) is 10.6 Å². The highest BCUT2D eigenvalue weighted by Crippen LogP contribution is 2.08. The fraction of sp³-hybridized carbons (Fsp3) is 1.00. The van der Waals surface area contributed by atoms with Crippen molar-refractivity contribution in [3.63, 3.8) is 0 Å². The number of nitrogens with one attached hydrogen (secondary N) is 2. The molecule has 0 rings (SSSR count). The molecule has 2 N–H and O–H groups in total. The van der Waals surface area contributed by atoms with Crippen LogP contribution in [-0.4, -0.2) is 26.7 Å². The van der Waals surface area contributed by atoms with Crippen molar-refractivity contribution in [3.05, 3.63) is 0 Å². The molecule has 12 heavy (non-hydrogen) atoms. The van der Waals surface area contributed by atoms with Gasteiger partial charge in [-0.25, -0.2) is 0 Å². The largest absolute Gasteiger partial charge is 0.320 e. The second-order valence-electron chi connectivity index (χ2n) is 3.49. The molecule has 1 unspecified atom stereocenters. The zero-order valence-electron chi connectivity index (χ0n) is 8.82. The Morgan fingerprint density at radius 3 is 2.50 bits per heavy atom. The molecule has 0 spiro atoms. The van der Waals surface area contributed by atoms with Crippen LogP contribution >= 0.6 is 0 Å². The summed E-state index contributed by atoms with van der Waals surface area (Å²) in [5, 5.41) is 6.53. The normalized spacial score (nSPS) is 13.2. The maximum Gasteiger partial charge on any atom is -0.00465 e. The third kappa shape index (κ3) is 8.02. The average molecular weight is 172 g/mol. The first kappa shape index (κ1) is 11.9. The van der Waals surface area contributed by atoms with Crippen LogP contribution in [0.3, 0.4) is 0 Å². The van der Waals surface area contributed by atoms with Gasteiger partial charge in [0.1, 0.15) is 0 Å². The van der Waals surface area contributed by atoms with Crippen molar-refractivity contribution in [1.29, 1.82) is 0 Å². The van der Waals surface area contributed by atoms with Crippen LogP contribution in [0.1, 0.15) is 33.1 Å². The molecule has 0 amide bonds. The summed E-state index contributed by atoms with van der Waals surface area (Å²) in [6.45, 7) is 7.94. The molecule has 0 saturated carbocycles. The summed E-state index contributed by atoms with van der Waals surface area (Å²) in [6.07, 6.45) is 3.98. The summed E-state index contributed by atoms with van der Waals surface area (Å²) in [6, 6.07) is 0. The lowest BCUT2D eigenvalue weighted by molar-refractivity contribution is 0.456. The average Bonchev–Trinajstić information content (AvgIpc) is 2.06. The molecule has 0 aliphatic rings. The molecule has 0 heterocycles. The third-order valence-electron chi connectivity index (χ3n) is 2.19. The predicted molar refractivity (Wildman–Crippen MR) is 55.5 cm³/mol. The Morgan fingerprint density at radius 1 is 1.17 bits per heavy atom. The third-order valence-corrected chi connectivity index (χ3v) is 2.19. The lowest BCUT2D eigenvalue weighted by atomic mass is 10.0. The van der Waals surface area contributed by atoms with Gasteiger partial charge in [0, 0.05) is 0 Å². The predicted octanol–water partition coefficient (Wildman–Crippen LogP) is 1.62. The van der Waals surface area contributed by atoms with E-state index in [4.69, 9.17) is 0 Å². The van der Waals surface area contributed by atoms with Crippen molar-refractivity contribution >= 4 is 0 Å². The molecule has 0 aliphatic carbocycles. The van der Waals surface area contributed by atoms with Gasteiger partial charge in [-0.15, -0.1) is 0 Å². The van der Waals surface area contributed by atoms with E-state index in [2.05, 4.69) is 24.5 Å². The molecule has 0 aromatic rings. The highest BCUT2D eigenvalue weighted by atomic mass is 14.8. The van der Waals surface area contributed by atoms with E-state index in [0.29, 0.717) is 0 Å². The number of hydrogen-bond acceptors (Lipinski definition) is 2. The maximum absolute atomic E-state index is 3.35. The Kier molecular flexibility index (Phi) is 8.95. The second-order valence-corrected chi connectivity index (χ2v) is 3.49. The molecule has 0 aromatic heterocycles. The molecular formula is C10H24N2. The quantitative estimate of drug-likeness (QED) is 0.544. The van der Waals surface area contributed by atoms with Crippen LogP contribution in [0.4, 0.5) is 0 Å². The van der Waals surface area contributed by atoms with Gasteiger partial charge in [0.2, 0.25) is 0 Å². The minimum absolute atomic E-state index is 0.873. The van der Waals surface area contributed by atoms with Crippen molar-refractivity contribution in [2.24, 2.45) is 5.92 Å². The molecule has 1 atom stereocenters. The lowest BCUT2D eigenvalue weighted by Gasteiger charge is -2.10. The maximum atomic E-state index is 3.35. The van der Waals surface area contributed by atoms with Crippen molar-refractivity contribution < 1.29 is 0 Å². The minimum Gasteiger partial charge on any atom is -0.320 e. The minimum atomic E-state index is 0.873. The highest BCUT2D eigenvalue weighted by Gasteiger charge is 1.99. The fourth-order valence-corrected chi connectivity index (χ4v) is 1.30. The summed E-state index contributed by atoms with van der Waals surface area (Å²) in [5.74, 6) is 0.873. The van der Waals surface area contributed by atoms with E-state index in [1.807, 2.05) is 7.05 Å². The summed E-state index contributed by atoms with van der Waals surface area (Å²) >= 11 is 0. The van der Waals surface area contributed by atoms with E-state index < -0.39 is 0 Å². The molecule has 2 nitrogen and oxygen atoms in total. The molecule has 2 heteroatoms. The first-order chi connectivity index (χ1) is 5.81. The first-order valence-electron chi connectivity index (χ1n) is 5.16. The Labute approximate surface area is 77.1 Å². The Bertz CT molecular complexity index is 73.9. The zero-order chi connectivity index (χ0) is 9.23. The van der Waals surface area contributed by atoms with E-state index in [1.165, 1.54) is 25.8 Å². The molecule has 0 saturated heterocycles. The fourth-order valence-electron chi connectivity index (χ4n) is 1.30. The van der Waals surface area contributed by atoms with E-state index >= 15 is 0 Å². The lowest BCUT2D eigenvalue weighted by Crippen LogP contribution is -2.17. The van der Waals surface area contributed by atoms with Crippen LogP contribution in [0.15, 0.2) is 0 Å². The molecular weight excluding hydrogens is 148 g/mol. The van der Waals surface area contributed by atoms with E-state index in [0.717, 1.165) is 19.0 Å². The first-order valence-corrected chi connectivity index (χ1v) is 5.16. The summed E-state index contributed by atoms with van der Waals surface area (Å²) < 4.78 is 0. The van der Waals surface area contributed by atoms with Crippen LogP contribution < -0.4 is 10.6 Å². The van der Waals surface area contributed by atoms with Gasteiger partial charge in [0.15, 0.2) is 0 Å². The monoisotopic (exact) mass is 172 g/mol. The van der Waals surface area contributed by atoms with Gasteiger partial charge in [-0.05, 0) is 51.9 Å². The van der Waals surface area contributed by atoms with Crippen LogP contribution in [0.5, 0.6) is 0 Å².